The summed E-state index contributed by atoms with van der Waals surface area (Å²) in [5.74, 6) is -0.147. The molecule has 0 aliphatic carbocycles. The summed E-state index contributed by atoms with van der Waals surface area (Å²) in [6.07, 6.45) is 0. The van der Waals surface area contributed by atoms with Gasteiger partial charge in [0.1, 0.15) is 0 Å². The Morgan fingerprint density at radius 3 is 2.04 bits per heavy atom. The molecule has 6 heteroatoms. The SMILES string of the molecule is Cc1cc(C)c(S(=O)(=O)NCc2ccc(NC(=O)C(C)C)cc2)c(C)c1. The van der Waals surface area contributed by atoms with E-state index in [4.69, 9.17) is 0 Å². The molecule has 0 atom stereocenters. The standard InChI is InChI=1S/C20H26N2O3S/c1-13(2)20(23)22-18-8-6-17(7-9-18)12-21-26(24,25)19-15(4)10-14(3)11-16(19)5/h6-11,13,21H,12H2,1-5H3,(H,22,23). The first kappa shape index (κ1) is 20.1. The van der Waals surface area contributed by atoms with Crippen molar-refractivity contribution in [1.82, 2.24) is 4.72 Å². The average molecular weight is 375 g/mol. The first-order valence-electron chi connectivity index (χ1n) is 8.57. The fourth-order valence-electron chi connectivity index (χ4n) is 2.83. The molecule has 0 aliphatic rings. The molecule has 0 spiro atoms. The highest BCUT2D eigenvalue weighted by Gasteiger charge is 2.19. The maximum absolute atomic E-state index is 12.7. The Bertz CT molecular complexity index is 878. The van der Waals surface area contributed by atoms with Gasteiger partial charge in [0.15, 0.2) is 0 Å². The van der Waals surface area contributed by atoms with Gasteiger partial charge in [-0.1, -0.05) is 43.7 Å². The number of rotatable bonds is 6. The third-order valence-corrected chi connectivity index (χ3v) is 5.79. The highest BCUT2D eigenvalue weighted by atomic mass is 32.2. The van der Waals surface area contributed by atoms with Gasteiger partial charge in [-0.15, -0.1) is 0 Å². The van der Waals surface area contributed by atoms with Crippen molar-refractivity contribution in [3.63, 3.8) is 0 Å². The second-order valence-corrected chi connectivity index (χ2v) is 8.60. The number of carbonyl (C=O) groups is 1. The molecule has 0 fully saturated rings. The molecule has 0 radical (unpaired) electrons. The molecule has 0 bridgehead atoms. The van der Waals surface area contributed by atoms with E-state index >= 15 is 0 Å². The highest BCUT2D eigenvalue weighted by molar-refractivity contribution is 7.89. The lowest BCUT2D eigenvalue weighted by Gasteiger charge is -2.13. The fraction of sp³-hybridized carbons (Fsp3) is 0.350. The third kappa shape index (κ3) is 4.93. The third-order valence-electron chi connectivity index (χ3n) is 4.09. The largest absolute Gasteiger partial charge is 0.326 e. The summed E-state index contributed by atoms with van der Waals surface area (Å²) < 4.78 is 28.0. The van der Waals surface area contributed by atoms with Crippen LogP contribution >= 0.6 is 0 Å². The first-order valence-corrected chi connectivity index (χ1v) is 10.1. The molecular formula is C20H26N2O3S. The van der Waals surface area contributed by atoms with Crippen LogP contribution in [0.3, 0.4) is 0 Å². The molecule has 2 aromatic rings. The highest BCUT2D eigenvalue weighted by Crippen LogP contribution is 2.22. The minimum absolute atomic E-state index is 0.0521. The summed E-state index contributed by atoms with van der Waals surface area (Å²) in [5.41, 5.74) is 4.03. The van der Waals surface area contributed by atoms with E-state index < -0.39 is 10.0 Å². The van der Waals surface area contributed by atoms with Gasteiger partial charge in [0.05, 0.1) is 4.90 Å². The molecule has 1 amide bonds. The number of hydrogen-bond donors (Lipinski definition) is 2. The van der Waals surface area contributed by atoms with Crippen molar-refractivity contribution >= 4 is 21.6 Å². The number of nitrogens with one attached hydrogen (secondary N) is 2. The molecule has 0 aromatic heterocycles. The van der Waals surface area contributed by atoms with E-state index in [2.05, 4.69) is 10.0 Å². The Hall–Kier alpha value is -2.18. The quantitative estimate of drug-likeness (QED) is 0.810. The van der Waals surface area contributed by atoms with Crippen LogP contribution in [0.1, 0.15) is 36.1 Å². The van der Waals surface area contributed by atoms with Gasteiger partial charge < -0.3 is 5.32 Å². The first-order chi connectivity index (χ1) is 12.1. The van der Waals surface area contributed by atoms with E-state index in [0.29, 0.717) is 10.6 Å². The summed E-state index contributed by atoms with van der Waals surface area (Å²) in [4.78, 5) is 12.0. The monoisotopic (exact) mass is 374 g/mol. The van der Waals surface area contributed by atoms with Gasteiger partial charge in [0.2, 0.25) is 15.9 Å². The van der Waals surface area contributed by atoms with Crippen LogP contribution in [0.15, 0.2) is 41.3 Å². The topological polar surface area (TPSA) is 75.3 Å². The zero-order valence-corrected chi connectivity index (χ0v) is 16.7. The zero-order chi connectivity index (χ0) is 19.5. The molecular weight excluding hydrogens is 348 g/mol. The second-order valence-electron chi connectivity index (χ2n) is 6.89. The van der Waals surface area contributed by atoms with Crippen LogP contribution in [0.4, 0.5) is 5.69 Å². The van der Waals surface area contributed by atoms with Crippen LogP contribution < -0.4 is 10.0 Å². The van der Waals surface area contributed by atoms with Crippen molar-refractivity contribution < 1.29 is 13.2 Å². The summed E-state index contributed by atoms with van der Waals surface area (Å²) in [5, 5.41) is 2.81. The normalized spacial score (nSPS) is 11.6. The molecule has 0 unspecified atom stereocenters. The summed E-state index contributed by atoms with van der Waals surface area (Å²) in [7, 11) is -3.60. The van der Waals surface area contributed by atoms with Crippen LogP contribution in [-0.4, -0.2) is 14.3 Å². The predicted molar refractivity (Wildman–Crippen MR) is 105 cm³/mol. The molecule has 26 heavy (non-hydrogen) atoms. The number of anilines is 1. The van der Waals surface area contributed by atoms with Gasteiger partial charge >= 0.3 is 0 Å². The van der Waals surface area contributed by atoms with Gasteiger partial charge in [0.25, 0.3) is 0 Å². The molecule has 0 saturated heterocycles. The van der Waals surface area contributed by atoms with Crippen molar-refractivity contribution in [2.24, 2.45) is 5.92 Å². The summed E-state index contributed by atoms with van der Waals surface area (Å²) >= 11 is 0. The van der Waals surface area contributed by atoms with Gasteiger partial charge in [-0.25, -0.2) is 13.1 Å². The van der Waals surface area contributed by atoms with Crippen molar-refractivity contribution in [3.05, 3.63) is 58.7 Å². The molecule has 2 aromatic carbocycles. The fourth-order valence-corrected chi connectivity index (χ4v) is 4.30. The van der Waals surface area contributed by atoms with Gasteiger partial charge in [-0.05, 0) is 49.6 Å². The smallest absolute Gasteiger partial charge is 0.241 e. The zero-order valence-electron chi connectivity index (χ0n) is 15.9. The van der Waals surface area contributed by atoms with E-state index in [-0.39, 0.29) is 18.4 Å². The van der Waals surface area contributed by atoms with E-state index in [1.807, 2.05) is 32.9 Å². The van der Waals surface area contributed by atoms with Gasteiger partial charge in [0, 0.05) is 18.2 Å². The van der Waals surface area contributed by atoms with E-state index in [9.17, 15) is 13.2 Å². The van der Waals surface area contributed by atoms with Crippen LogP contribution in [0, 0.1) is 26.7 Å². The Labute approximate surface area is 155 Å². The lowest BCUT2D eigenvalue weighted by atomic mass is 10.1. The van der Waals surface area contributed by atoms with Crippen LogP contribution in [0.25, 0.3) is 0 Å². The molecule has 0 saturated carbocycles. The number of benzene rings is 2. The maximum atomic E-state index is 12.7. The number of amides is 1. The lowest BCUT2D eigenvalue weighted by Crippen LogP contribution is -2.25. The molecule has 2 rings (SSSR count). The molecule has 2 N–H and O–H groups in total. The van der Waals surface area contributed by atoms with Gasteiger partial charge in [-0.3, -0.25) is 4.79 Å². The second kappa shape index (κ2) is 8.01. The van der Waals surface area contributed by atoms with Crippen molar-refractivity contribution in [1.29, 1.82) is 0 Å². The van der Waals surface area contributed by atoms with E-state index in [1.54, 1.807) is 38.1 Å². The summed E-state index contributed by atoms with van der Waals surface area (Å²) in [6.45, 7) is 9.40. The number of carbonyl (C=O) groups excluding carboxylic acids is 1. The van der Waals surface area contributed by atoms with Crippen molar-refractivity contribution in [2.45, 2.75) is 46.1 Å². The number of sulfonamides is 1. The molecule has 5 nitrogen and oxygen atoms in total. The van der Waals surface area contributed by atoms with E-state index in [1.165, 1.54) is 0 Å². The summed E-state index contributed by atoms with van der Waals surface area (Å²) in [6, 6.07) is 10.9. The van der Waals surface area contributed by atoms with Crippen LogP contribution in [0.2, 0.25) is 0 Å². The molecule has 0 aliphatic heterocycles. The van der Waals surface area contributed by atoms with Crippen LogP contribution in [0.5, 0.6) is 0 Å². The van der Waals surface area contributed by atoms with Crippen molar-refractivity contribution in [3.8, 4) is 0 Å². The number of aryl methyl sites for hydroxylation is 3. The Morgan fingerprint density at radius 1 is 1.00 bits per heavy atom. The Balaban J connectivity index is 2.10. The maximum Gasteiger partial charge on any atom is 0.241 e. The van der Waals surface area contributed by atoms with Crippen LogP contribution in [-0.2, 0) is 21.4 Å². The number of hydrogen-bond acceptors (Lipinski definition) is 3. The average Bonchev–Trinajstić information content (AvgIpc) is 2.52. The van der Waals surface area contributed by atoms with E-state index in [0.717, 1.165) is 22.3 Å². The molecule has 0 heterocycles. The Kier molecular flexibility index (Phi) is 6.21. The minimum Gasteiger partial charge on any atom is -0.326 e. The lowest BCUT2D eigenvalue weighted by molar-refractivity contribution is -0.118. The predicted octanol–water partition coefficient (Wildman–Crippen LogP) is 3.68. The van der Waals surface area contributed by atoms with Crippen molar-refractivity contribution in [2.75, 3.05) is 5.32 Å². The Morgan fingerprint density at radius 2 is 1.54 bits per heavy atom. The van der Waals surface area contributed by atoms with Gasteiger partial charge in [-0.2, -0.15) is 0 Å². The minimum atomic E-state index is -3.60. The molecule has 140 valence electrons.